The van der Waals surface area contributed by atoms with E-state index in [1.165, 1.54) is 38.9 Å². The zero-order valence-electron chi connectivity index (χ0n) is 13.1. The number of anilines is 1. The van der Waals surface area contributed by atoms with Crippen molar-refractivity contribution in [2.45, 2.75) is 32.6 Å². The molecule has 4 heteroatoms. The molecule has 1 aromatic rings. The third kappa shape index (κ3) is 6.17. The fourth-order valence-electron chi connectivity index (χ4n) is 2.64. The molecule has 0 amide bonds. The van der Waals surface area contributed by atoms with Gasteiger partial charge in [0.25, 0.3) is 0 Å². The summed E-state index contributed by atoms with van der Waals surface area (Å²) < 4.78 is 0. The molecule has 0 bridgehead atoms. The molecule has 1 saturated heterocycles. The molecule has 4 nitrogen and oxygen atoms in total. The smallest absolute Gasteiger partial charge is 0.193 e. The number of likely N-dealkylation sites (tertiary alicyclic amines) is 1. The van der Waals surface area contributed by atoms with E-state index in [1.54, 1.807) is 0 Å². The van der Waals surface area contributed by atoms with Crippen LogP contribution in [-0.4, -0.2) is 37.0 Å². The second-order valence-corrected chi connectivity index (χ2v) is 5.99. The lowest BCUT2D eigenvalue weighted by Crippen LogP contribution is -2.33. The van der Waals surface area contributed by atoms with E-state index in [2.05, 4.69) is 22.1 Å². The number of nitrogens with one attached hydrogen (secondary N) is 1. The van der Waals surface area contributed by atoms with Crippen LogP contribution < -0.4 is 11.1 Å². The van der Waals surface area contributed by atoms with Crippen molar-refractivity contribution in [3.05, 3.63) is 30.3 Å². The van der Waals surface area contributed by atoms with Gasteiger partial charge in [0, 0.05) is 12.2 Å². The van der Waals surface area contributed by atoms with Crippen molar-refractivity contribution >= 4 is 11.6 Å². The second kappa shape index (κ2) is 8.67. The number of rotatable bonds is 6. The van der Waals surface area contributed by atoms with E-state index >= 15 is 0 Å². The Hall–Kier alpha value is -1.55. The van der Waals surface area contributed by atoms with E-state index in [0.29, 0.717) is 5.96 Å². The highest BCUT2D eigenvalue weighted by atomic mass is 15.1. The summed E-state index contributed by atoms with van der Waals surface area (Å²) in [6.45, 7) is 6.89. The van der Waals surface area contributed by atoms with Crippen molar-refractivity contribution in [1.82, 2.24) is 4.90 Å². The maximum Gasteiger partial charge on any atom is 0.193 e. The number of nitrogens with zero attached hydrogens (tertiary/aromatic N) is 2. The van der Waals surface area contributed by atoms with Gasteiger partial charge in [0.2, 0.25) is 0 Å². The summed E-state index contributed by atoms with van der Waals surface area (Å²) in [6, 6.07) is 9.92. The molecule has 1 fully saturated rings. The molecule has 1 aliphatic rings. The van der Waals surface area contributed by atoms with Gasteiger partial charge in [0.15, 0.2) is 5.96 Å². The Bertz CT molecular complexity index is 422. The molecule has 21 heavy (non-hydrogen) atoms. The van der Waals surface area contributed by atoms with Gasteiger partial charge in [0.1, 0.15) is 0 Å². The van der Waals surface area contributed by atoms with E-state index in [1.807, 2.05) is 30.3 Å². The number of aliphatic imine (C=N–C) groups is 1. The standard InChI is InChI=1S/C17H28N4/c1-15-9-13-21(14-10-15)12-6-5-11-19-17(18)20-16-7-3-2-4-8-16/h2-4,7-8,15H,5-6,9-14H2,1H3,(H3,18,19,20). The number of piperidine rings is 1. The average Bonchev–Trinajstić information content (AvgIpc) is 2.50. The highest BCUT2D eigenvalue weighted by molar-refractivity contribution is 5.92. The van der Waals surface area contributed by atoms with Crippen molar-refractivity contribution in [3.63, 3.8) is 0 Å². The van der Waals surface area contributed by atoms with Gasteiger partial charge in [-0.3, -0.25) is 4.99 Å². The minimum Gasteiger partial charge on any atom is -0.370 e. The van der Waals surface area contributed by atoms with Gasteiger partial charge in [-0.25, -0.2) is 0 Å². The van der Waals surface area contributed by atoms with Gasteiger partial charge >= 0.3 is 0 Å². The van der Waals surface area contributed by atoms with Crippen LogP contribution in [0.15, 0.2) is 35.3 Å². The summed E-state index contributed by atoms with van der Waals surface area (Å²) in [5, 5.41) is 3.10. The van der Waals surface area contributed by atoms with Gasteiger partial charge < -0.3 is 16.0 Å². The number of unbranched alkanes of at least 4 members (excludes halogenated alkanes) is 1. The zero-order valence-corrected chi connectivity index (χ0v) is 13.1. The molecule has 1 heterocycles. The number of hydrogen-bond donors (Lipinski definition) is 2. The molecule has 116 valence electrons. The van der Waals surface area contributed by atoms with E-state index in [4.69, 9.17) is 5.73 Å². The Morgan fingerprint density at radius 1 is 1.24 bits per heavy atom. The van der Waals surface area contributed by atoms with Crippen LogP contribution in [-0.2, 0) is 0 Å². The first-order valence-electron chi connectivity index (χ1n) is 8.08. The van der Waals surface area contributed by atoms with E-state index < -0.39 is 0 Å². The lowest BCUT2D eigenvalue weighted by atomic mass is 9.99. The molecule has 0 spiro atoms. The Morgan fingerprint density at radius 2 is 1.95 bits per heavy atom. The van der Waals surface area contributed by atoms with Crippen LogP contribution >= 0.6 is 0 Å². The largest absolute Gasteiger partial charge is 0.370 e. The molecule has 0 atom stereocenters. The van der Waals surface area contributed by atoms with Crippen LogP contribution in [0.25, 0.3) is 0 Å². The predicted octanol–water partition coefficient (Wildman–Crippen LogP) is 2.93. The van der Waals surface area contributed by atoms with Crippen LogP contribution in [0.3, 0.4) is 0 Å². The van der Waals surface area contributed by atoms with Crippen LogP contribution in [0.5, 0.6) is 0 Å². The summed E-state index contributed by atoms with van der Waals surface area (Å²) >= 11 is 0. The molecular weight excluding hydrogens is 260 g/mol. The lowest BCUT2D eigenvalue weighted by Gasteiger charge is -2.30. The van der Waals surface area contributed by atoms with Crippen molar-refractivity contribution in [1.29, 1.82) is 0 Å². The maximum atomic E-state index is 5.87. The number of benzene rings is 1. The molecular formula is C17H28N4. The number of hydrogen-bond acceptors (Lipinski definition) is 2. The summed E-state index contributed by atoms with van der Waals surface area (Å²) in [6.07, 6.45) is 5.01. The highest BCUT2D eigenvalue weighted by Crippen LogP contribution is 2.16. The molecule has 1 aromatic carbocycles. The molecule has 0 saturated carbocycles. The predicted molar refractivity (Wildman–Crippen MR) is 90.6 cm³/mol. The molecule has 3 N–H and O–H groups in total. The van der Waals surface area contributed by atoms with Crippen LogP contribution in [0.2, 0.25) is 0 Å². The third-order valence-corrected chi connectivity index (χ3v) is 4.09. The lowest BCUT2D eigenvalue weighted by molar-refractivity contribution is 0.190. The monoisotopic (exact) mass is 288 g/mol. The van der Waals surface area contributed by atoms with E-state index in [0.717, 1.165) is 24.6 Å². The fraction of sp³-hybridized carbons (Fsp3) is 0.588. The summed E-state index contributed by atoms with van der Waals surface area (Å²) in [5.41, 5.74) is 6.86. The van der Waals surface area contributed by atoms with Crippen LogP contribution in [0, 0.1) is 5.92 Å². The van der Waals surface area contributed by atoms with Gasteiger partial charge in [-0.1, -0.05) is 25.1 Å². The topological polar surface area (TPSA) is 53.6 Å². The van der Waals surface area contributed by atoms with Gasteiger partial charge in [0.05, 0.1) is 0 Å². The summed E-state index contributed by atoms with van der Waals surface area (Å²) in [7, 11) is 0. The summed E-state index contributed by atoms with van der Waals surface area (Å²) in [4.78, 5) is 6.96. The first-order chi connectivity index (χ1) is 10.2. The average molecular weight is 288 g/mol. The van der Waals surface area contributed by atoms with E-state index in [9.17, 15) is 0 Å². The minimum atomic E-state index is 0.507. The van der Waals surface area contributed by atoms with Gasteiger partial charge in [-0.15, -0.1) is 0 Å². The van der Waals surface area contributed by atoms with Gasteiger partial charge in [-0.05, 0) is 63.4 Å². The molecule has 1 aliphatic heterocycles. The molecule has 0 unspecified atom stereocenters. The quantitative estimate of drug-likeness (QED) is 0.481. The molecule has 0 aliphatic carbocycles. The number of nitrogens with two attached hydrogens (primary N) is 1. The Morgan fingerprint density at radius 3 is 2.67 bits per heavy atom. The summed E-state index contributed by atoms with van der Waals surface area (Å²) in [5.74, 6) is 1.42. The maximum absolute atomic E-state index is 5.87. The van der Waals surface area contributed by atoms with Crippen LogP contribution in [0.4, 0.5) is 5.69 Å². The van der Waals surface area contributed by atoms with Crippen molar-refractivity contribution in [3.8, 4) is 0 Å². The van der Waals surface area contributed by atoms with Crippen LogP contribution in [0.1, 0.15) is 32.6 Å². The normalized spacial score (nSPS) is 17.9. The zero-order chi connectivity index (χ0) is 14.9. The first kappa shape index (κ1) is 15.8. The third-order valence-electron chi connectivity index (χ3n) is 4.09. The minimum absolute atomic E-state index is 0.507. The van der Waals surface area contributed by atoms with E-state index in [-0.39, 0.29) is 0 Å². The molecule has 2 rings (SSSR count). The Kier molecular flexibility index (Phi) is 6.54. The highest BCUT2D eigenvalue weighted by Gasteiger charge is 2.14. The van der Waals surface area contributed by atoms with Crippen molar-refractivity contribution < 1.29 is 0 Å². The fourth-order valence-corrected chi connectivity index (χ4v) is 2.64. The first-order valence-corrected chi connectivity index (χ1v) is 8.08. The Labute approximate surface area is 128 Å². The van der Waals surface area contributed by atoms with Crippen molar-refractivity contribution in [2.75, 3.05) is 31.5 Å². The Balaban J connectivity index is 1.57. The number of guanidine groups is 1. The number of para-hydroxylation sites is 1. The second-order valence-electron chi connectivity index (χ2n) is 5.99. The molecule has 0 radical (unpaired) electrons. The van der Waals surface area contributed by atoms with Gasteiger partial charge in [-0.2, -0.15) is 0 Å². The SMILES string of the molecule is CC1CCN(CCCCN=C(N)Nc2ccccc2)CC1. The van der Waals surface area contributed by atoms with Crippen molar-refractivity contribution in [2.24, 2.45) is 16.6 Å². The molecule has 0 aromatic heterocycles.